The number of nitrogens with one attached hydrogen (secondary N) is 1. The van der Waals surface area contributed by atoms with Crippen LogP contribution in [0.15, 0.2) is 47.4 Å². The Hall–Kier alpha value is -2.60. The number of hydrogen-bond acceptors (Lipinski definition) is 4. The maximum atomic E-state index is 12.6. The summed E-state index contributed by atoms with van der Waals surface area (Å²) >= 11 is 1.63. The minimum absolute atomic E-state index is 0.258. The molecule has 5 nitrogen and oxygen atoms in total. The molecule has 1 N–H and O–H groups in total. The van der Waals surface area contributed by atoms with Gasteiger partial charge >= 0.3 is 0 Å². The molecule has 3 aromatic rings. The number of carbonyl (C=O) groups is 1. The summed E-state index contributed by atoms with van der Waals surface area (Å²) in [6.07, 6.45) is 2.00. The summed E-state index contributed by atoms with van der Waals surface area (Å²) in [4.78, 5) is 15.2. The Morgan fingerprint density at radius 2 is 1.88 bits per heavy atom. The van der Waals surface area contributed by atoms with E-state index in [0.717, 1.165) is 21.8 Å². The van der Waals surface area contributed by atoms with E-state index in [1.54, 1.807) is 18.7 Å². The summed E-state index contributed by atoms with van der Waals surface area (Å²) in [7, 11) is 0. The van der Waals surface area contributed by atoms with Crippen molar-refractivity contribution >= 4 is 23.4 Å². The van der Waals surface area contributed by atoms with Crippen molar-refractivity contribution in [3.8, 4) is 5.69 Å². The number of aryl methyl sites for hydroxylation is 3. The van der Waals surface area contributed by atoms with Crippen molar-refractivity contribution in [1.82, 2.24) is 15.0 Å². The van der Waals surface area contributed by atoms with E-state index in [1.807, 2.05) is 56.5 Å². The zero-order valence-corrected chi connectivity index (χ0v) is 15.5. The number of rotatable bonds is 4. The van der Waals surface area contributed by atoms with Gasteiger partial charge in [-0.15, -0.1) is 16.9 Å². The molecule has 0 atom stereocenters. The third-order valence-electron chi connectivity index (χ3n) is 3.89. The lowest BCUT2D eigenvalue weighted by Gasteiger charge is -2.06. The SMILES string of the molecule is CSc1cccc(NC(=O)c2nn(-c3ccc(C)cc3C)nc2C)c1. The van der Waals surface area contributed by atoms with E-state index < -0.39 is 0 Å². The summed E-state index contributed by atoms with van der Waals surface area (Å²) in [5.41, 5.74) is 4.79. The first-order valence-electron chi connectivity index (χ1n) is 7.95. The third-order valence-corrected chi connectivity index (χ3v) is 4.62. The molecule has 25 heavy (non-hydrogen) atoms. The minimum Gasteiger partial charge on any atom is -0.320 e. The van der Waals surface area contributed by atoms with Crippen molar-refractivity contribution in [2.45, 2.75) is 25.7 Å². The Morgan fingerprint density at radius 1 is 1.08 bits per heavy atom. The molecule has 0 bridgehead atoms. The number of thioether (sulfide) groups is 1. The number of aromatic nitrogens is 3. The molecule has 0 aliphatic heterocycles. The Bertz CT molecular complexity index is 933. The molecule has 1 aromatic heterocycles. The monoisotopic (exact) mass is 352 g/mol. The highest BCUT2D eigenvalue weighted by Crippen LogP contribution is 2.20. The molecule has 0 aliphatic carbocycles. The predicted octanol–water partition coefficient (Wildman–Crippen LogP) is 4.17. The molecule has 0 fully saturated rings. The first-order valence-corrected chi connectivity index (χ1v) is 9.17. The number of nitrogens with zero attached hydrogens (tertiary/aromatic N) is 3. The highest BCUT2D eigenvalue weighted by atomic mass is 32.2. The van der Waals surface area contributed by atoms with E-state index >= 15 is 0 Å². The molecule has 2 aromatic carbocycles. The standard InChI is InChI=1S/C19H20N4OS/c1-12-8-9-17(13(2)10-12)23-21-14(3)18(22-23)19(24)20-15-6-5-7-16(11-15)25-4/h5-11H,1-4H3,(H,20,24). The zero-order chi connectivity index (χ0) is 18.0. The van der Waals surface area contributed by atoms with Gasteiger partial charge in [-0.3, -0.25) is 4.79 Å². The van der Waals surface area contributed by atoms with Crippen molar-refractivity contribution in [1.29, 1.82) is 0 Å². The Morgan fingerprint density at radius 3 is 2.60 bits per heavy atom. The van der Waals surface area contributed by atoms with E-state index in [2.05, 4.69) is 21.6 Å². The molecule has 128 valence electrons. The summed E-state index contributed by atoms with van der Waals surface area (Å²) in [6, 6.07) is 13.8. The molecule has 0 saturated carbocycles. The van der Waals surface area contributed by atoms with E-state index in [9.17, 15) is 4.79 Å². The molecule has 3 rings (SSSR count). The van der Waals surface area contributed by atoms with E-state index in [0.29, 0.717) is 11.4 Å². The van der Waals surface area contributed by atoms with Gasteiger partial charge in [0, 0.05) is 10.6 Å². The van der Waals surface area contributed by atoms with Crippen LogP contribution >= 0.6 is 11.8 Å². The third kappa shape index (κ3) is 3.74. The maximum absolute atomic E-state index is 12.6. The molecule has 1 amide bonds. The van der Waals surface area contributed by atoms with Gasteiger partial charge in [0.1, 0.15) is 0 Å². The van der Waals surface area contributed by atoms with Gasteiger partial charge in [0.05, 0.1) is 11.4 Å². The molecule has 0 aliphatic rings. The second-order valence-corrected chi connectivity index (χ2v) is 6.78. The lowest BCUT2D eigenvalue weighted by atomic mass is 10.1. The fourth-order valence-corrected chi connectivity index (χ4v) is 3.08. The normalized spacial score (nSPS) is 10.7. The van der Waals surface area contributed by atoms with Crippen molar-refractivity contribution in [2.75, 3.05) is 11.6 Å². The van der Waals surface area contributed by atoms with Crippen LogP contribution in [-0.2, 0) is 0 Å². The van der Waals surface area contributed by atoms with Crippen LogP contribution in [0.2, 0.25) is 0 Å². The molecular weight excluding hydrogens is 332 g/mol. The van der Waals surface area contributed by atoms with Gasteiger partial charge in [-0.25, -0.2) is 0 Å². The van der Waals surface area contributed by atoms with Crippen LogP contribution in [0.25, 0.3) is 5.69 Å². The molecule has 0 radical (unpaired) electrons. The first kappa shape index (κ1) is 17.2. The number of carbonyl (C=O) groups excluding carboxylic acids is 1. The lowest BCUT2D eigenvalue weighted by molar-refractivity contribution is 0.102. The highest BCUT2D eigenvalue weighted by Gasteiger charge is 2.17. The van der Waals surface area contributed by atoms with Gasteiger partial charge in [0.15, 0.2) is 5.69 Å². The molecular formula is C19H20N4OS. The van der Waals surface area contributed by atoms with Crippen molar-refractivity contribution in [3.05, 3.63) is 65.0 Å². The fraction of sp³-hybridized carbons (Fsp3) is 0.211. The maximum Gasteiger partial charge on any atom is 0.278 e. The van der Waals surface area contributed by atoms with E-state index in [-0.39, 0.29) is 5.91 Å². The smallest absolute Gasteiger partial charge is 0.278 e. The van der Waals surface area contributed by atoms with Crippen LogP contribution in [0.1, 0.15) is 27.3 Å². The zero-order valence-electron chi connectivity index (χ0n) is 14.7. The summed E-state index contributed by atoms with van der Waals surface area (Å²) < 4.78 is 0. The van der Waals surface area contributed by atoms with Crippen molar-refractivity contribution in [3.63, 3.8) is 0 Å². The highest BCUT2D eigenvalue weighted by molar-refractivity contribution is 7.98. The van der Waals surface area contributed by atoms with Gasteiger partial charge < -0.3 is 5.32 Å². The van der Waals surface area contributed by atoms with E-state index in [1.165, 1.54) is 10.4 Å². The summed E-state index contributed by atoms with van der Waals surface area (Å²) in [5, 5.41) is 11.7. The molecule has 6 heteroatoms. The van der Waals surface area contributed by atoms with E-state index in [4.69, 9.17) is 0 Å². The Kier molecular flexibility index (Phi) is 4.90. The van der Waals surface area contributed by atoms with Gasteiger partial charge in [-0.05, 0) is 56.9 Å². The van der Waals surface area contributed by atoms with Crippen LogP contribution in [0, 0.1) is 20.8 Å². The Balaban J connectivity index is 1.87. The van der Waals surface area contributed by atoms with Gasteiger partial charge in [-0.2, -0.15) is 9.90 Å². The van der Waals surface area contributed by atoms with Crippen LogP contribution < -0.4 is 5.32 Å². The van der Waals surface area contributed by atoms with Crippen molar-refractivity contribution < 1.29 is 4.79 Å². The summed E-state index contributed by atoms with van der Waals surface area (Å²) in [5.74, 6) is -0.258. The first-order chi connectivity index (χ1) is 12.0. The molecule has 0 saturated heterocycles. The number of amides is 1. The van der Waals surface area contributed by atoms with Gasteiger partial charge in [0.2, 0.25) is 0 Å². The number of anilines is 1. The van der Waals surface area contributed by atoms with Gasteiger partial charge in [0.25, 0.3) is 5.91 Å². The molecule has 0 unspecified atom stereocenters. The largest absolute Gasteiger partial charge is 0.320 e. The van der Waals surface area contributed by atoms with Crippen LogP contribution in [0.5, 0.6) is 0 Å². The second-order valence-electron chi connectivity index (χ2n) is 5.90. The Labute approximate surface area is 151 Å². The average molecular weight is 352 g/mol. The summed E-state index contributed by atoms with van der Waals surface area (Å²) in [6.45, 7) is 5.84. The second kappa shape index (κ2) is 7.11. The van der Waals surface area contributed by atoms with Crippen LogP contribution in [-0.4, -0.2) is 27.2 Å². The predicted molar refractivity (Wildman–Crippen MR) is 102 cm³/mol. The number of benzene rings is 2. The van der Waals surface area contributed by atoms with Crippen molar-refractivity contribution in [2.24, 2.45) is 0 Å². The lowest BCUT2D eigenvalue weighted by Crippen LogP contribution is -2.14. The molecule has 0 spiro atoms. The topological polar surface area (TPSA) is 59.8 Å². The van der Waals surface area contributed by atoms with Gasteiger partial charge in [-0.1, -0.05) is 23.8 Å². The quantitative estimate of drug-likeness (QED) is 0.716. The fourth-order valence-electron chi connectivity index (χ4n) is 2.62. The minimum atomic E-state index is -0.258. The average Bonchev–Trinajstić information content (AvgIpc) is 2.96. The molecule has 1 heterocycles. The number of hydrogen-bond donors (Lipinski definition) is 1. The van der Waals surface area contributed by atoms with Crippen LogP contribution in [0.4, 0.5) is 5.69 Å². The van der Waals surface area contributed by atoms with Crippen LogP contribution in [0.3, 0.4) is 0 Å².